The maximum Gasteiger partial charge on any atom is 0.184 e. The van der Waals surface area contributed by atoms with Crippen LogP contribution in [-0.4, -0.2) is 25.0 Å². The van der Waals surface area contributed by atoms with Gasteiger partial charge in [-0.15, -0.1) is 0 Å². The topological polar surface area (TPSA) is 68.9 Å². The largest absolute Gasteiger partial charge is 0.497 e. The maximum absolute atomic E-state index is 5.38. The predicted molar refractivity (Wildman–Crippen MR) is 66.9 cm³/mol. The Morgan fingerprint density at radius 2 is 2.31 bits per heavy atom. The highest BCUT2D eigenvalue weighted by Crippen LogP contribution is 2.18. The second-order valence-corrected chi connectivity index (χ2v) is 3.22. The number of hydrogen-bond donors (Lipinski definition) is 2. The standard InChI is InChI=1S/C10H13N3O2S/c1-14-8-3-2-4-9(7-8)15-6-5-12-13-10(11)16/h2-5,7H,6H2,1H3,(H3,11,13,16)/b12-5+. The van der Waals surface area contributed by atoms with Gasteiger partial charge in [-0.1, -0.05) is 6.07 Å². The summed E-state index contributed by atoms with van der Waals surface area (Å²) in [5, 5.41) is 3.85. The van der Waals surface area contributed by atoms with Crippen molar-refractivity contribution in [3.8, 4) is 11.5 Å². The van der Waals surface area contributed by atoms with Crippen molar-refractivity contribution in [3.05, 3.63) is 24.3 Å². The van der Waals surface area contributed by atoms with Crippen LogP contribution >= 0.6 is 12.2 Å². The van der Waals surface area contributed by atoms with E-state index < -0.39 is 0 Å². The molecule has 1 aromatic carbocycles. The molecule has 16 heavy (non-hydrogen) atoms. The summed E-state index contributed by atoms with van der Waals surface area (Å²) >= 11 is 4.57. The van der Waals surface area contributed by atoms with E-state index in [1.807, 2.05) is 18.2 Å². The lowest BCUT2D eigenvalue weighted by atomic mass is 10.3. The molecular weight excluding hydrogens is 226 g/mol. The third-order valence-electron chi connectivity index (χ3n) is 1.63. The van der Waals surface area contributed by atoms with E-state index in [1.165, 1.54) is 6.21 Å². The van der Waals surface area contributed by atoms with Crippen molar-refractivity contribution >= 4 is 23.5 Å². The molecule has 0 aliphatic rings. The fourth-order valence-corrected chi connectivity index (χ4v) is 1.02. The number of nitrogens with two attached hydrogens (primary N) is 1. The molecule has 0 fully saturated rings. The zero-order valence-electron chi connectivity index (χ0n) is 8.84. The smallest absolute Gasteiger partial charge is 0.184 e. The van der Waals surface area contributed by atoms with Crippen molar-refractivity contribution in [1.82, 2.24) is 5.43 Å². The van der Waals surface area contributed by atoms with Gasteiger partial charge in [0.05, 0.1) is 13.3 Å². The van der Waals surface area contributed by atoms with Gasteiger partial charge in [0.2, 0.25) is 0 Å². The minimum atomic E-state index is 0.123. The maximum atomic E-state index is 5.38. The van der Waals surface area contributed by atoms with Gasteiger partial charge in [-0.2, -0.15) is 5.10 Å². The van der Waals surface area contributed by atoms with Crippen LogP contribution in [0.2, 0.25) is 0 Å². The van der Waals surface area contributed by atoms with Gasteiger partial charge < -0.3 is 15.2 Å². The van der Waals surface area contributed by atoms with E-state index in [0.717, 1.165) is 5.75 Å². The molecule has 0 unspecified atom stereocenters. The van der Waals surface area contributed by atoms with Gasteiger partial charge in [-0.05, 0) is 24.4 Å². The van der Waals surface area contributed by atoms with Crippen molar-refractivity contribution in [2.75, 3.05) is 13.7 Å². The molecule has 0 aliphatic carbocycles. The second-order valence-electron chi connectivity index (χ2n) is 2.78. The molecule has 3 N–H and O–H groups in total. The molecule has 0 spiro atoms. The molecule has 0 bridgehead atoms. The molecule has 0 aromatic heterocycles. The average Bonchev–Trinajstić information content (AvgIpc) is 2.28. The van der Waals surface area contributed by atoms with E-state index in [4.69, 9.17) is 15.2 Å². The SMILES string of the molecule is COc1cccc(OC/C=N/NC(N)=S)c1. The van der Waals surface area contributed by atoms with Crippen LogP contribution in [-0.2, 0) is 0 Å². The molecule has 0 aliphatic heterocycles. The zero-order valence-corrected chi connectivity index (χ0v) is 9.66. The first-order valence-corrected chi connectivity index (χ1v) is 4.97. The monoisotopic (exact) mass is 239 g/mol. The lowest BCUT2D eigenvalue weighted by molar-refractivity contribution is 0.371. The van der Waals surface area contributed by atoms with Gasteiger partial charge in [0.15, 0.2) is 5.11 Å². The molecule has 0 saturated carbocycles. The summed E-state index contributed by atoms with van der Waals surface area (Å²) in [6, 6.07) is 7.31. The highest BCUT2D eigenvalue weighted by Gasteiger charge is 1.94. The number of benzene rings is 1. The van der Waals surface area contributed by atoms with E-state index in [1.54, 1.807) is 13.2 Å². The molecule has 0 saturated heterocycles. The van der Waals surface area contributed by atoms with Crippen LogP contribution < -0.4 is 20.6 Å². The van der Waals surface area contributed by atoms with Gasteiger partial charge in [0.1, 0.15) is 18.1 Å². The van der Waals surface area contributed by atoms with Crippen molar-refractivity contribution in [2.24, 2.45) is 10.8 Å². The van der Waals surface area contributed by atoms with E-state index in [9.17, 15) is 0 Å². The normalized spacial score (nSPS) is 10.1. The average molecular weight is 239 g/mol. The molecular formula is C10H13N3O2S. The summed E-state index contributed by atoms with van der Waals surface area (Å²) in [5.41, 5.74) is 7.60. The van der Waals surface area contributed by atoms with Gasteiger partial charge in [0.25, 0.3) is 0 Å². The highest BCUT2D eigenvalue weighted by molar-refractivity contribution is 7.80. The van der Waals surface area contributed by atoms with Crippen molar-refractivity contribution < 1.29 is 9.47 Å². The Morgan fingerprint density at radius 3 is 3.00 bits per heavy atom. The number of hydrogen-bond acceptors (Lipinski definition) is 4. The molecule has 86 valence electrons. The summed E-state index contributed by atoms with van der Waals surface area (Å²) in [4.78, 5) is 0. The Bertz CT molecular complexity index is 382. The van der Waals surface area contributed by atoms with Gasteiger partial charge in [0, 0.05) is 6.07 Å². The summed E-state index contributed by atoms with van der Waals surface area (Å²) < 4.78 is 10.4. The molecule has 0 amide bonds. The van der Waals surface area contributed by atoms with Crippen LogP contribution in [0.1, 0.15) is 0 Å². The number of nitrogens with one attached hydrogen (secondary N) is 1. The number of ether oxygens (including phenoxy) is 2. The van der Waals surface area contributed by atoms with E-state index in [-0.39, 0.29) is 5.11 Å². The fourth-order valence-electron chi connectivity index (χ4n) is 0.971. The first-order valence-electron chi connectivity index (χ1n) is 4.56. The Balaban J connectivity index is 2.36. The Morgan fingerprint density at radius 1 is 1.56 bits per heavy atom. The van der Waals surface area contributed by atoms with Crippen LogP contribution in [0.25, 0.3) is 0 Å². The van der Waals surface area contributed by atoms with E-state index in [0.29, 0.717) is 12.4 Å². The fraction of sp³-hybridized carbons (Fsp3) is 0.200. The van der Waals surface area contributed by atoms with Crippen LogP contribution in [0.5, 0.6) is 11.5 Å². The number of rotatable bonds is 5. The highest BCUT2D eigenvalue weighted by atomic mass is 32.1. The van der Waals surface area contributed by atoms with Crippen LogP contribution in [0.4, 0.5) is 0 Å². The lowest BCUT2D eigenvalue weighted by Gasteiger charge is -2.04. The Labute approximate surface area is 99.2 Å². The minimum Gasteiger partial charge on any atom is -0.497 e. The van der Waals surface area contributed by atoms with Crippen molar-refractivity contribution in [1.29, 1.82) is 0 Å². The third-order valence-corrected chi connectivity index (χ3v) is 1.72. The summed E-state index contributed by atoms with van der Waals surface area (Å²) in [5.74, 6) is 1.46. The van der Waals surface area contributed by atoms with E-state index in [2.05, 4.69) is 22.7 Å². The molecule has 6 heteroatoms. The number of thiocarbonyl (C=S) groups is 1. The number of nitrogens with zero attached hydrogens (tertiary/aromatic N) is 1. The van der Waals surface area contributed by atoms with Gasteiger partial charge in [-0.3, -0.25) is 5.43 Å². The Kier molecular flexibility index (Phi) is 5.07. The molecule has 1 rings (SSSR count). The second kappa shape index (κ2) is 6.62. The minimum absolute atomic E-state index is 0.123. The van der Waals surface area contributed by atoms with Gasteiger partial charge >= 0.3 is 0 Å². The van der Waals surface area contributed by atoms with E-state index >= 15 is 0 Å². The van der Waals surface area contributed by atoms with Crippen molar-refractivity contribution in [2.45, 2.75) is 0 Å². The number of methoxy groups -OCH3 is 1. The molecule has 0 atom stereocenters. The molecule has 1 aromatic rings. The third kappa shape index (κ3) is 4.61. The molecule has 0 radical (unpaired) electrons. The molecule has 5 nitrogen and oxygen atoms in total. The first-order chi connectivity index (χ1) is 7.72. The zero-order chi connectivity index (χ0) is 11.8. The van der Waals surface area contributed by atoms with Crippen LogP contribution in [0.15, 0.2) is 29.4 Å². The number of hydrazone groups is 1. The Hall–Kier alpha value is -1.82. The van der Waals surface area contributed by atoms with Crippen LogP contribution in [0, 0.1) is 0 Å². The summed E-state index contributed by atoms with van der Waals surface area (Å²) in [6.45, 7) is 0.322. The summed E-state index contributed by atoms with van der Waals surface area (Å²) in [6.07, 6.45) is 1.53. The summed E-state index contributed by atoms with van der Waals surface area (Å²) in [7, 11) is 1.60. The lowest BCUT2D eigenvalue weighted by Crippen LogP contribution is -2.24. The molecule has 0 heterocycles. The van der Waals surface area contributed by atoms with Crippen molar-refractivity contribution in [3.63, 3.8) is 0 Å². The first kappa shape index (κ1) is 12.3. The predicted octanol–water partition coefficient (Wildman–Crippen LogP) is 0.893. The van der Waals surface area contributed by atoms with Crippen LogP contribution in [0.3, 0.4) is 0 Å². The van der Waals surface area contributed by atoms with Gasteiger partial charge in [-0.25, -0.2) is 0 Å². The quantitative estimate of drug-likeness (QED) is 0.454.